The molecule has 9 nitrogen and oxygen atoms in total. The zero-order valence-corrected chi connectivity index (χ0v) is 19.8. The number of amides is 1. The predicted molar refractivity (Wildman–Crippen MR) is 130 cm³/mol. The van der Waals surface area contributed by atoms with E-state index < -0.39 is 6.10 Å². The van der Waals surface area contributed by atoms with Crippen LogP contribution >= 0.6 is 0 Å². The van der Waals surface area contributed by atoms with Crippen LogP contribution in [-0.4, -0.2) is 66.5 Å². The molecule has 2 aliphatic rings. The Labute approximate surface area is 204 Å². The number of nitrogens with zero attached hydrogens (tertiary/aromatic N) is 4. The first-order valence-electron chi connectivity index (χ1n) is 11.8. The molecule has 9 heteroatoms. The average molecular weight is 477 g/mol. The van der Waals surface area contributed by atoms with Gasteiger partial charge in [0, 0.05) is 43.9 Å². The number of ether oxygens (including phenoxy) is 4. The zero-order chi connectivity index (χ0) is 24.2. The summed E-state index contributed by atoms with van der Waals surface area (Å²) < 4.78 is 22.1. The first-order valence-corrected chi connectivity index (χ1v) is 11.8. The van der Waals surface area contributed by atoms with E-state index in [2.05, 4.69) is 14.9 Å². The van der Waals surface area contributed by atoms with Crippen LogP contribution in [0.15, 0.2) is 54.9 Å². The monoisotopic (exact) mass is 476 g/mol. The standard InChI is InChI=1S/C26H28N4O5/c1-3-32-20-6-4-19(5-7-20)22-15-25(28-16-27-22)29-10-12-30(13-11-29)26(31)18(2)35-21-8-9-23-24(14-21)34-17-33-23/h4-9,14-16,18H,3,10-13,17H2,1-2H3. The van der Waals surface area contributed by atoms with Crippen molar-refractivity contribution in [3.63, 3.8) is 0 Å². The van der Waals surface area contributed by atoms with Gasteiger partial charge >= 0.3 is 0 Å². The van der Waals surface area contributed by atoms with E-state index in [0.29, 0.717) is 50.0 Å². The topological polar surface area (TPSA) is 86.3 Å². The van der Waals surface area contributed by atoms with Crippen LogP contribution in [0.1, 0.15) is 13.8 Å². The third-order valence-electron chi connectivity index (χ3n) is 6.03. The minimum atomic E-state index is -0.604. The fourth-order valence-corrected chi connectivity index (χ4v) is 4.18. The van der Waals surface area contributed by atoms with E-state index >= 15 is 0 Å². The van der Waals surface area contributed by atoms with Gasteiger partial charge in [-0.1, -0.05) is 0 Å². The Morgan fingerprint density at radius 2 is 1.71 bits per heavy atom. The van der Waals surface area contributed by atoms with Gasteiger partial charge in [-0.15, -0.1) is 0 Å². The third kappa shape index (κ3) is 5.08. The molecule has 2 aliphatic heterocycles. The van der Waals surface area contributed by atoms with Gasteiger partial charge in [-0.05, 0) is 50.2 Å². The number of hydrogen-bond donors (Lipinski definition) is 0. The lowest BCUT2D eigenvalue weighted by atomic mass is 10.1. The van der Waals surface area contributed by atoms with E-state index in [1.54, 1.807) is 31.5 Å². The van der Waals surface area contributed by atoms with E-state index in [9.17, 15) is 4.79 Å². The highest BCUT2D eigenvalue weighted by atomic mass is 16.7. The van der Waals surface area contributed by atoms with E-state index in [1.165, 1.54) is 0 Å². The molecule has 3 aromatic rings. The predicted octanol–water partition coefficient (Wildman–Crippen LogP) is 3.39. The molecule has 1 aromatic heterocycles. The molecule has 3 heterocycles. The van der Waals surface area contributed by atoms with E-state index in [-0.39, 0.29) is 12.7 Å². The molecule has 1 atom stereocenters. The number of hydrogen-bond acceptors (Lipinski definition) is 8. The molecule has 1 saturated heterocycles. The van der Waals surface area contributed by atoms with Crippen LogP contribution in [0.5, 0.6) is 23.0 Å². The molecule has 1 amide bonds. The van der Waals surface area contributed by atoms with Crippen molar-refractivity contribution in [2.24, 2.45) is 0 Å². The molecule has 182 valence electrons. The quantitative estimate of drug-likeness (QED) is 0.513. The highest BCUT2D eigenvalue weighted by molar-refractivity contribution is 5.81. The summed E-state index contributed by atoms with van der Waals surface area (Å²) in [6.45, 7) is 7.12. The Morgan fingerprint density at radius 1 is 0.971 bits per heavy atom. The fourth-order valence-electron chi connectivity index (χ4n) is 4.18. The third-order valence-corrected chi connectivity index (χ3v) is 6.03. The number of aromatic nitrogens is 2. The summed E-state index contributed by atoms with van der Waals surface area (Å²) in [6.07, 6.45) is 0.979. The summed E-state index contributed by atoms with van der Waals surface area (Å²) in [5, 5.41) is 0. The number of rotatable bonds is 7. The van der Waals surface area contributed by atoms with Crippen LogP contribution in [0.2, 0.25) is 0 Å². The number of fused-ring (bicyclic) bond motifs is 1. The highest BCUT2D eigenvalue weighted by Gasteiger charge is 2.27. The molecule has 0 radical (unpaired) electrons. The zero-order valence-electron chi connectivity index (χ0n) is 19.8. The number of carbonyl (C=O) groups is 1. The molecule has 0 spiro atoms. The van der Waals surface area contributed by atoms with Crippen molar-refractivity contribution in [2.45, 2.75) is 20.0 Å². The molecule has 0 bridgehead atoms. The minimum absolute atomic E-state index is 0.0416. The van der Waals surface area contributed by atoms with Crippen LogP contribution in [0.25, 0.3) is 11.3 Å². The largest absolute Gasteiger partial charge is 0.494 e. The molecular formula is C26H28N4O5. The van der Waals surface area contributed by atoms with Crippen molar-refractivity contribution >= 4 is 11.7 Å². The van der Waals surface area contributed by atoms with Gasteiger partial charge in [-0.3, -0.25) is 4.79 Å². The molecule has 35 heavy (non-hydrogen) atoms. The maximum absolute atomic E-state index is 13.0. The summed E-state index contributed by atoms with van der Waals surface area (Å²) in [4.78, 5) is 25.9. The second-order valence-electron chi connectivity index (χ2n) is 8.31. The van der Waals surface area contributed by atoms with Gasteiger partial charge < -0.3 is 28.7 Å². The first kappa shape index (κ1) is 22.8. The average Bonchev–Trinajstić information content (AvgIpc) is 3.37. The first-order chi connectivity index (χ1) is 17.1. The smallest absolute Gasteiger partial charge is 0.263 e. The van der Waals surface area contributed by atoms with Crippen molar-refractivity contribution in [2.75, 3.05) is 44.5 Å². The van der Waals surface area contributed by atoms with E-state index in [1.807, 2.05) is 42.2 Å². The van der Waals surface area contributed by atoms with Gasteiger partial charge in [0.15, 0.2) is 17.6 Å². The molecule has 1 fully saturated rings. The lowest BCUT2D eigenvalue weighted by Gasteiger charge is -2.36. The lowest BCUT2D eigenvalue weighted by molar-refractivity contribution is -0.138. The Bertz CT molecular complexity index is 1180. The highest BCUT2D eigenvalue weighted by Crippen LogP contribution is 2.35. The van der Waals surface area contributed by atoms with Crippen LogP contribution in [0.4, 0.5) is 5.82 Å². The molecule has 1 unspecified atom stereocenters. The molecule has 2 aromatic carbocycles. The van der Waals surface area contributed by atoms with Gasteiger partial charge in [0.2, 0.25) is 6.79 Å². The normalized spacial score (nSPS) is 15.6. The molecule has 0 aliphatic carbocycles. The number of carbonyl (C=O) groups excluding carboxylic acids is 1. The van der Waals surface area contributed by atoms with E-state index in [0.717, 1.165) is 22.8 Å². The number of anilines is 1. The van der Waals surface area contributed by atoms with Crippen LogP contribution in [0.3, 0.4) is 0 Å². The van der Waals surface area contributed by atoms with Crippen molar-refractivity contribution < 1.29 is 23.7 Å². The Balaban J connectivity index is 1.18. The Hall–Kier alpha value is -4.01. The van der Waals surface area contributed by atoms with Gasteiger partial charge in [0.1, 0.15) is 23.6 Å². The van der Waals surface area contributed by atoms with Crippen LogP contribution < -0.4 is 23.8 Å². The minimum Gasteiger partial charge on any atom is -0.494 e. The van der Waals surface area contributed by atoms with Gasteiger partial charge in [-0.2, -0.15) is 0 Å². The fraction of sp³-hybridized carbons (Fsp3) is 0.346. The van der Waals surface area contributed by atoms with E-state index in [4.69, 9.17) is 18.9 Å². The summed E-state index contributed by atoms with van der Waals surface area (Å²) in [5.41, 5.74) is 1.85. The van der Waals surface area contributed by atoms with Gasteiger partial charge in [0.05, 0.1) is 12.3 Å². The van der Waals surface area contributed by atoms with Crippen LogP contribution in [0, 0.1) is 0 Å². The van der Waals surface area contributed by atoms with Crippen molar-refractivity contribution in [1.29, 1.82) is 0 Å². The van der Waals surface area contributed by atoms with Gasteiger partial charge in [0.25, 0.3) is 5.91 Å². The maximum atomic E-state index is 13.0. The molecule has 5 rings (SSSR count). The summed E-state index contributed by atoms with van der Waals surface area (Å²) in [6, 6.07) is 15.2. The summed E-state index contributed by atoms with van der Waals surface area (Å²) >= 11 is 0. The summed E-state index contributed by atoms with van der Waals surface area (Å²) in [5.74, 6) is 3.54. The summed E-state index contributed by atoms with van der Waals surface area (Å²) in [7, 11) is 0. The second kappa shape index (κ2) is 10.1. The molecule has 0 N–H and O–H groups in total. The second-order valence-corrected chi connectivity index (χ2v) is 8.31. The lowest BCUT2D eigenvalue weighted by Crippen LogP contribution is -2.52. The maximum Gasteiger partial charge on any atom is 0.263 e. The SMILES string of the molecule is CCOc1ccc(-c2cc(N3CCN(C(=O)C(C)Oc4ccc5c(c4)OCO5)CC3)ncn2)cc1. The van der Waals surface area contributed by atoms with Crippen molar-refractivity contribution in [3.05, 3.63) is 54.9 Å². The van der Waals surface area contributed by atoms with Crippen molar-refractivity contribution in [1.82, 2.24) is 14.9 Å². The Morgan fingerprint density at radius 3 is 2.49 bits per heavy atom. The van der Waals surface area contributed by atoms with Crippen molar-refractivity contribution in [3.8, 4) is 34.3 Å². The van der Waals surface area contributed by atoms with Gasteiger partial charge in [-0.25, -0.2) is 9.97 Å². The van der Waals surface area contributed by atoms with Crippen LogP contribution in [-0.2, 0) is 4.79 Å². The number of piperazine rings is 1. The number of benzene rings is 2. The Kier molecular flexibility index (Phi) is 6.56. The molecule has 0 saturated carbocycles. The molecular weight excluding hydrogens is 448 g/mol.